The van der Waals surface area contributed by atoms with Gasteiger partial charge in [0.05, 0.1) is 12.5 Å². The van der Waals surface area contributed by atoms with Crippen LogP contribution in [0, 0.1) is 25.2 Å². The second-order valence-electron chi connectivity index (χ2n) is 7.24. The first-order chi connectivity index (χ1) is 10.8. The van der Waals surface area contributed by atoms with Crippen LogP contribution in [-0.4, -0.2) is 29.4 Å². The SMILES string of the molecule is Cc1sc(=O)n(CCC(=O)O[C@@H]2[C@H]3CCCO[C@@H]3C2(C)C)c1C. The second-order valence-corrected chi connectivity index (χ2v) is 8.41. The zero-order valence-corrected chi connectivity index (χ0v) is 15.1. The first kappa shape index (κ1) is 16.7. The average Bonchev–Trinajstić information content (AvgIpc) is 2.76. The minimum atomic E-state index is -0.220. The molecule has 2 fully saturated rings. The maximum absolute atomic E-state index is 12.2. The van der Waals surface area contributed by atoms with Crippen molar-refractivity contribution in [3.63, 3.8) is 0 Å². The molecule has 1 aliphatic carbocycles. The Labute approximate surface area is 140 Å². The summed E-state index contributed by atoms with van der Waals surface area (Å²) in [6.07, 6.45) is 2.48. The van der Waals surface area contributed by atoms with Crippen LogP contribution in [0.25, 0.3) is 0 Å². The van der Waals surface area contributed by atoms with Gasteiger partial charge in [0.1, 0.15) is 6.10 Å². The predicted molar refractivity (Wildman–Crippen MR) is 88.8 cm³/mol. The summed E-state index contributed by atoms with van der Waals surface area (Å²) >= 11 is 1.23. The van der Waals surface area contributed by atoms with Crippen LogP contribution in [0.2, 0.25) is 0 Å². The third-order valence-corrected chi connectivity index (χ3v) is 6.39. The van der Waals surface area contributed by atoms with Crippen LogP contribution < -0.4 is 4.87 Å². The van der Waals surface area contributed by atoms with Crippen molar-refractivity contribution in [1.29, 1.82) is 0 Å². The van der Waals surface area contributed by atoms with Crippen LogP contribution in [0.15, 0.2) is 4.79 Å². The monoisotopic (exact) mass is 339 g/mol. The van der Waals surface area contributed by atoms with E-state index in [0.29, 0.717) is 12.5 Å². The van der Waals surface area contributed by atoms with Crippen molar-refractivity contribution in [3.05, 3.63) is 20.2 Å². The van der Waals surface area contributed by atoms with Crippen LogP contribution in [0.3, 0.4) is 0 Å². The summed E-state index contributed by atoms with van der Waals surface area (Å²) in [5, 5.41) is 0. The van der Waals surface area contributed by atoms with Gasteiger partial charge in [-0.25, -0.2) is 0 Å². The molecule has 128 valence electrons. The normalized spacial score (nSPS) is 28.8. The van der Waals surface area contributed by atoms with Crippen molar-refractivity contribution in [3.8, 4) is 0 Å². The van der Waals surface area contributed by atoms with Gasteiger partial charge in [0.2, 0.25) is 0 Å². The first-order valence-corrected chi connectivity index (χ1v) is 9.12. The lowest BCUT2D eigenvalue weighted by molar-refractivity contribution is -0.254. The van der Waals surface area contributed by atoms with E-state index in [2.05, 4.69) is 13.8 Å². The van der Waals surface area contributed by atoms with E-state index in [4.69, 9.17) is 9.47 Å². The van der Waals surface area contributed by atoms with E-state index in [0.717, 1.165) is 30.0 Å². The predicted octanol–water partition coefficient (Wildman–Crippen LogP) is 2.66. The Kier molecular flexibility index (Phi) is 4.40. The Morgan fingerprint density at radius 1 is 1.43 bits per heavy atom. The summed E-state index contributed by atoms with van der Waals surface area (Å²) in [6, 6.07) is 0. The summed E-state index contributed by atoms with van der Waals surface area (Å²) in [4.78, 5) is 25.1. The lowest BCUT2D eigenvalue weighted by atomic mass is 9.57. The number of aromatic nitrogens is 1. The van der Waals surface area contributed by atoms with E-state index >= 15 is 0 Å². The molecule has 0 unspecified atom stereocenters. The number of fused-ring (bicyclic) bond motifs is 1. The highest BCUT2D eigenvalue weighted by molar-refractivity contribution is 7.09. The highest BCUT2D eigenvalue weighted by Crippen LogP contribution is 2.52. The van der Waals surface area contributed by atoms with Crippen molar-refractivity contribution < 1.29 is 14.3 Å². The van der Waals surface area contributed by atoms with Crippen LogP contribution in [-0.2, 0) is 20.8 Å². The lowest BCUT2D eigenvalue weighted by Crippen LogP contribution is -2.65. The zero-order valence-electron chi connectivity index (χ0n) is 14.3. The number of carbonyl (C=O) groups is 1. The van der Waals surface area contributed by atoms with Gasteiger partial charge in [-0.15, -0.1) is 0 Å². The van der Waals surface area contributed by atoms with Gasteiger partial charge in [0.25, 0.3) is 0 Å². The standard InChI is InChI=1S/C17H25NO4S/c1-10-11(2)23-16(20)18(10)8-7-13(19)22-15-12-6-5-9-21-14(12)17(15,3)4/h12,14-15H,5-9H2,1-4H3/t12-,14-,15+/m0/s1. The van der Waals surface area contributed by atoms with E-state index in [1.807, 2.05) is 13.8 Å². The Morgan fingerprint density at radius 3 is 2.83 bits per heavy atom. The van der Waals surface area contributed by atoms with Crippen LogP contribution >= 0.6 is 11.3 Å². The molecule has 0 N–H and O–H groups in total. The maximum Gasteiger partial charge on any atom is 0.307 e. The van der Waals surface area contributed by atoms with Gasteiger partial charge in [-0.05, 0) is 26.7 Å². The van der Waals surface area contributed by atoms with Gasteiger partial charge in [-0.1, -0.05) is 25.2 Å². The zero-order chi connectivity index (χ0) is 16.8. The van der Waals surface area contributed by atoms with Crippen molar-refractivity contribution in [1.82, 2.24) is 4.57 Å². The van der Waals surface area contributed by atoms with Gasteiger partial charge < -0.3 is 14.0 Å². The molecular weight excluding hydrogens is 314 g/mol. The molecule has 1 aromatic heterocycles. The molecule has 0 aromatic carbocycles. The third kappa shape index (κ3) is 2.87. The van der Waals surface area contributed by atoms with Crippen LogP contribution in [0.1, 0.15) is 43.7 Å². The molecule has 0 bridgehead atoms. The number of nitrogens with zero attached hydrogens (tertiary/aromatic N) is 1. The minimum Gasteiger partial charge on any atom is -0.461 e. The fraction of sp³-hybridized carbons (Fsp3) is 0.765. The average molecular weight is 339 g/mol. The fourth-order valence-corrected chi connectivity index (χ4v) is 4.82. The Balaban J connectivity index is 1.58. The number of hydrogen-bond donors (Lipinski definition) is 0. The number of hydrogen-bond acceptors (Lipinski definition) is 5. The first-order valence-electron chi connectivity index (χ1n) is 8.30. The molecule has 1 saturated heterocycles. The Bertz CT molecular complexity index is 660. The molecule has 5 nitrogen and oxygen atoms in total. The van der Waals surface area contributed by atoms with E-state index in [-0.39, 0.29) is 34.9 Å². The van der Waals surface area contributed by atoms with Crippen molar-refractivity contribution >= 4 is 17.3 Å². The largest absolute Gasteiger partial charge is 0.461 e. The summed E-state index contributed by atoms with van der Waals surface area (Å²) in [6.45, 7) is 9.26. The van der Waals surface area contributed by atoms with Gasteiger partial charge >= 0.3 is 10.8 Å². The quantitative estimate of drug-likeness (QED) is 0.792. The van der Waals surface area contributed by atoms with E-state index in [1.165, 1.54) is 11.3 Å². The molecule has 6 heteroatoms. The maximum atomic E-state index is 12.2. The number of thiazole rings is 1. The molecule has 2 aliphatic rings. The molecule has 1 aliphatic heterocycles. The molecule has 0 radical (unpaired) electrons. The molecule has 1 saturated carbocycles. The topological polar surface area (TPSA) is 57.5 Å². The molecule has 23 heavy (non-hydrogen) atoms. The molecule has 1 aromatic rings. The molecular formula is C17H25NO4S. The Morgan fingerprint density at radius 2 is 2.17 bits per heavy atom. The number of ether oxygens (including phenoxy) is 2. The fourth-order valence-electron chi connectivity index (χ4n) is 3.96. The number of esters is 1. The van der Waals surface area contributed by atoms with Crippen molar-refractivity contribution in [2.75, 3.05) is 6.61 Å². The number of carbonyl (C=O) groups excluding carboxylic acids is 1. The molecule has 0 spiro atoms. The van der Waals surface area contributed by atoms with E-state index in [1.54, 1.807) is 4.57 Å². The Hall–Kier alpha value is -1.14. The third-order valence-electron chi connectivity index (χ3n) is 5.40. The second kappa shape index (κ2) is 6.06. The smallest absolute Gasteiger partial charge is 0.307 e. The van der Waals surface area contributed by atoms with Gasteiger partial charge in [-0.2, -0.15) is 0 Å². The highest BCUT2D eigenvalue weighted by atomic mass is 32.1. The van der Waals surface area contributed by atoms with Crippen molar-refractivity contribution in [2.24, 2.45) is 11.3 Å². The van der Waals surface area contributed by atoms with Crippen LogP contribution in [0.4, 0.5) is 0 Å². The van der Waals surface area contributed by atoms with Gasteiger partial charge in [0.15, 0.2) is 0 Å². The summed E-state index contributed by atoms with van der Waals surface area (Å²) in [5.41, 5.74) is 0.824. The van der Waals surface area contributed by atoms with Crippen LogP contribution in [0.5, 0.6) is 0 Å². The van der Waals surface area contributed by atoms with E-state index in [9.17, 15) is 9.59 Å². The molecule has 3 rings (SSSR count). The summed E-state index contributed by atoms with van der Waals surface area (Å²) in [7, 11) is 0. The molecule has 3 atom stereocenters. The van der Waals surface area contributed by atoms with Crippen molar-refractivity contribution in [2.45, 2.75) is 65.7 Å². The molecule has 2 heterocycles. The number of aryl methyl sites for hydroxylation is 1. The highest BCUT2D eigenvalue weighted by Gasteiger charge is 2.60. The summed E-state index contributed by atoms with van der Waals surface area (Å²) in [5.74, 6) is 0.109. The van der Waals surface area contributed by atoms with Gasteiger partial charge in [0, 0.05) is 35.1 Å². The number of rotatable bonds is 4. The van der Waals surface area contributed by atoms with E-state index < -0.39 is 0 Å². The molecule has 0 amide bonds. The minimum absolute atomic E-state index is 0.00230. The van der Waals surface area contributed by atoms with Gasteiger partial charge in [-0.3, -0.25) is 9.59 Å². The summed E-state index contributed by atoms with van der Waals surface area (Å²) < 4.78 is 13.2. The lowest BCUT2D eigenvalue weighted by Gasteiger charge is -2.58.